The average molecular weight is 459 g/mol. The van der Waals surface area contributed by atoms with Gasteiger partial charge in [0, 0.05) is 56.4 Å². The Morgan fingerprint density at radius 1 is 0.939 bits per heavy atom. The number of carbonyl (C=O) groups excluding carboxylic acids is 1. The Morgan fingerprint density at radius 3 is 2.36 bits per heavy atom. The number of amides is 1. The van der Waals surface area contributed by atoms with Crippen LogP contribution < -0.4 is 0 Å². The minimum Gasteiger partial charge on any atom is -0.340 e. The molecule has 5 nitrogen and oxygen atoms in total. The fraction of sp³-hybridized carbons (Fsp3) is 0.259. The summed E-state index contributed by atoms with van der Waals surface area (Å²) in [6, 6.07) is 20.7. The SMILES string of the molecule is CC(=O)N1CCN(Cc2c(-c3ccc(Cl)cc3)nc3ccc(-c4cccc(C)c4)cn23)CC1. The normalized spacial score (nSPS) is 14.7. The molecule has 33 heavy (non-hydrogen) atoms. The number of piperazine rings is 1. The molecule has 0 saturated carbocycles. The van der Waals surface area contributed by atoms with Crippen molar-refractivity contribution in [1.29, 1.82) is 0 Å². The summed E-state index contributed by atoms with van der Waals surface area (Å²) in [5, 5.41) is 0.714. The molecule has 4 aromatic rings. The lowest BCUT2D eigenvalue weighted by atomic mass is 10.1. The van der Waals surface area contributed by atoms with Gasteiger partial charge >= 0.3 is 0 Å². The number of aromatic nitrogens is 2. The van der Waals surface area contributed by atoms with Crippen molar-refractivity contribution in [2.45, 2.75) is 20.4 Å². The molecule has 0 unspecified atom stereocenters. The van der Waals surface area contributed by atoms with E-state index in [2.05, 4.69) is 58.8 Å². The second-order valence-corrected chi connectivity index (χ2v) is 9.15. The van der Waals surface area contributed by atoms with Crippen molar-refractivity contribution in [3.63, 3.8) is 0 Å². The first kappa shape index (κ1) is 21.7. The molecule has 168 valence electrons. The molecule has 6 heteroatoms. The highest BCUT2D eigenvalue weighted by atomic mass is 35.5. The third-order valence-electron chi connectivity index (χ3n) is 6.38. The average Bonchev–Trinajstić information content (AvgIpc) is 3.17. The fourth-order valence-electron chi connectivity index (χ4n) is 4.51. The number of halogens is 1. The van der Waals surface area contributed by atoms with Crippen LogP contribution in [0, 0.1) is 6.92 Å². The first-order valence-corrected chi connectivity index (χ1v) is 11.7. The molecule has 0 aliphatic carbocycles. The Kier molecular flexibility index (Phi) is 5.92. The second kappa shape index (κ2) is 9.00. The van der Waals surface area contributed by atoms with Crippen LogP contribution in [-0.2, 0) is 11.3 Å². The van der Waals surface area contributed by atoms with Gasteiger partial charge in [0.05, 0.1) is 11.4 Å². The largest absolute Gasteiger partial charge is 0.340 e. The molecule has 2 aromatic heterocycles. The summed E-state index contributed by atoms with van der Waals surface area (Å²) in [6.45, 7) is 7.75. The van der Waals surface area contributed by atoms with Gasteiger partial charge in [0.2, 0.25) is 5.91 Å². The standard InChI is InChI=1S/C27H27ClN4O/c1-19-4-3-5-22(16-19)23-8-11-26-29-27(21-6-9-24(28)10-7-21)25(32(26)17-23)18-30-12-14-31(15-13-30)20(2)33/h3-11,16-17H,12-15,18H2,1-2H3. The minimum absolute atomic E-state index is 0.147. The van der Waals surface area contributed by atoms with Crippen LogP contribution >= 0.6 is 11.6 Å². The number of carbonyl (C=O) groups is 1. The number of rotatable bonds is 4. The number of imidazole rings is 1. The summed E-state index contributed by atoms with van der Waals surface area (Å²) in [7, 11) is 0. The molecule has 1 fully saturated rings. The van der Waals surface area contributed by atoms with E-state index in [4.69, 9.17) is 16.6 Å². The van der Waals surface area contributed by atoms with E-state index in [1.165, 1.54) is 11.1 Å². The molecule has 5 rings (SSSR count). The zero-order valence-corrected chi connectivity index (χ0v) is 19.7. The third-order valence-corrected chi connectivity index (χ3v) is 6.63. The molecular weight excluding hydrogens is 432 g/mol. The first-order chi connectivity index (χ1) is 16.0. The molecule has 1 saturated heterocycles. The van der Waals surface area contributed by atoms with Gasteiger partial charge in [-0.2, -0.15) is 0 Å². The van der Waals surface area contributed by atoms with E-state index in [9.17, 15) is 4.79 Å². The van der Waals surface area contributed by atoms with Gasteiger partial charge in [0.25, 0.3) is 0 Å². The monoisotopic (exact) mass is 458 g/mol. The molecule has 1 aliphatic rings. The van der Waals surface area contributed by atoms with Gasteiger partial charge in [-0.15, -0.1) is 0 Å². The summed E-state index contributed by atoms with van der Waals surface area (Å²) in [5.74, 6) is 0.147. The highest BCUT2D eigenvalue weighted by Gasteiger charge is 2.22. The van der Waals surface area contributed by atoms with Gasteiger partial charge in [-0.05, 0) is 42.3 Å². The van der Waals surface area contributed by atoms with Crippen LogP contribution in [0.3, 0.4) is 0 Å². The number of pyridine rings is 1. The number of hydrogen-bond acceptors (Lipinski definition) is 3. The molecular formula is C27H27ClN4O. The summed E-state index contributed by atoms with van der Waals surface area (Å²) < 4.78 is 2.22. The third kappa shape index (κ3) is 4.52. The van der Waals surface area contributed by atoms with E-state index in [0.29, 0.717) is 5.02 Å². The quantitative estimate of drug-likeness (QED) is 0.417. The lowest BCUT2D eigenvalue weighted by Gasteiger charge is -2.34. The topological polar surface area (TPSA) is 40.9 Å². The summed E-state index contributed by atoms with van der Waals surface area (Å²) in [5.41, 5.74) is 7.70. The van der Waals surface area contributed by atoms with Gasteiger partial charge in [0.15, 0.2) is 0 Å². The minimum atomic E-state index is 0.147. The second-order valence-electron chi connectivity index (χ2n) is 8.71. The Hall–Kier alpha value is -3.15. The molecule has 0 atom stereocenters. The summed E-state index contributed by atoms with van der Waals surface area (Å²) in [4.78, 5) is 21.1. The van der Waals surface area contributed by atoms with E-state index in [0.717, 1.165) is 60.9 Å². The van der Waals surface area contributed by atoms with Crippen molar-refractivity contribution < 1.29 is 4.79 Å². The lowest BCUT2D eigenvalue weighted by Crippen LogP contribution is -2.47. The van der Waals surface area contributed by atoms with Crippen LogP contribution in [0.1, 0.15) is 18.2 Å². The first-order valence-electron chi connectivity index (χ1n) is 11.3. The van der Waals surface area contributed by atoms with Crippen LogP contribution in [0.2, 0.25) is 5.02 Å². The van der Waals surface area contributed by atoms with Crippen molar-refractivity contribution in [2.24, 2.45) is 0 Å². The van der Waals surface area contributed by atoms with Gasteiger partial charge in [0.1, 0.15) is 5.65 Å². The maximum atomic E-state index is 11.7. The van der Waals surface area contributed by atoms with Gasteiger partial charge in [-0.1, -0.05) is 53.6 Å². The van der Waals surface area contributed by atoms with Crippen LogP contribution in [0.15, 0.2) is 66.9 Å². The summed E-state index contributed by atoms with van der Waals surface area (Å²) >= 11 is 6.15. The van der Waals surface area contributed by atoms with E-state index in [1.54, 1.807) is 6.92 Å². The predicted octanol–water partition coefficient (Wildman–Crippen LogP) is 5.29. The van der Waals surface area contributed by atoms with Crippen molar-refractivity contribution >= 4 is 23.2 Å². The van der Waals surface area contributed by atoms with Crippen LogP contribution in [0.4, 0.5) is 0 Å². The molecule has 2 aromatic carbocycles. The van der Waals surface area contributed by atoms with Crippen LogP contribution in [-0.4, -0.2) is 51.3 Å². The fourth-order valence-corrected chi connectivity index (χ4v) is 4.64. The Bertz CT molecular complexity index is 1300. The van der Waals surface area contributed by atoms with E-state index in [1.807, 2.05) is 29.2 Å². The molecule has 1 amide bonds. The molecule has 3 heterocycles. The number of benzene rings is 2. The highest BCUT2D eigenvalue weighted by molar-refractivity contribution is 6.30. The van der Waals surface area contributed by atoms with Crippen molar-refractivity contribution in [1.82, 2.24) is 19.2 Å². The smallest absolute Gasteiger partial charge is 0.219 e. The molecule has 0 N–H and O–H groups in total. The van der Waals surface area contributed by atoms with Crippen molar-refractivity contribution in [3.05, 3.63) is 83.1 Å². The summed E-state index contributed by atoms with van der Waals surface area (Å²) in [6.07, 6.45) is 2.19. The Balaban J connectivity index is 1.57. The molecule has 0 bridgehead atoms. The maximum Gasteiger partial charge on any atom is 0.219 e. The number of hydrogen-bond donors (Lipinski definition) is 0. The molecule has 0 radical (unpaired) electrons. The highest BCUT2D eigenvalue weighted by Crippen LogP contribution is 2.29. The Labute approximate surface area is 199 Å². The van der Waals surface area contributed by atoms with Gasteiger partial charge in [-0.3, -0.25) is 9.69 Å². The van der Waals surface area contributed by atoms with Crippen LogP contribution in [0.5, 0.6) is 0 Å². The van der Waals surface area contributed by atoms with Gasteiger partial charge < -0.3 is 9.30 Å². The lowest BCUT2D eigenvalue weighted by molar-refractivity contribution is -0.130. The zero-order valence-electron chi connectivity index (χ0n) is 19.0. The van der Waals surface area contributed by atoms with E-state index < -0.39 is 0 Å². The Morgan fingerprint density at radius 2 is 1.67 bits per heavy atom. The number of fused-ring (bicyclic) bond motifs is 1. The van der Waals surface area contributed by atoms with E-state index in [-0.39, 0.29) is 5.91 Å². The predicted molar refractivity (Wildman–Crippen MR) is 133 cm³/mol. The number of aryl methyl sites for hydroxylation is 1. The maximum absolute atomic E-state index is 11.7. The van der Waals surface area contributed by atoms with Crippen molar-refractivity contribution in [2.75, 3.05) is 26.2 Å². The van der Waals surface area contributed by atoms with E-state index >= 15 is 0 Å². The van der Waals surface area contributed by atoms with Gasteiger partial charge in [-0.25, -0.2) is 4.98 Å². The van der Waals surface area contributed by atoms with Crippen LogP contribution in [0.25, 0.3) is 28.0 Å². The molecule has 1 aliphatic heterocycles. The molecule has 0 spiro atoms. The zero-order chi connectivity index (χ0) is 22.9. The van der Waals surface area contributed by atoms with Crippen molar-refractivity contribution in [3.8, 4) is 22.4 Å². The number of nitrogens with zero attached hydrogens (tertiary/aromatic N) is 4.